The molecule has 0 bridgehead atoms. The van der Waals surface area contributed by atoms with Crippen LogP contribution in [0.15, 0.2) is 59.3 Å². The highest BCUT2D eigenvalue weighted by Gasteiger charge is 2.43. The molecule has 5 heteroatoms. The van der Waals surface area contributed by atoms with Crippen molar-refractivity contribution in [3.05, 3.63) is 71.9 Å². The molecule has 1 atom stereocenters. The monoisotopic (exact) mass is 406 g/mol. The minimum atomic E-state index is -2.01. The van der Waals surface area contributed by atoms with E-state index in [0.717, 1.165) is 18.5 Å². The predicted molar refractivity (Wildman–Crippen MR) is 118 cm³/mol. The molecule has 0 aliphatic heterocycles. The van der Waals surface area contributed by atoms with Crippen molar-refractivity contribution < 1.29 is 8.84 Å². The molecule has 4 nitrogen and oxygen atoms in total. The SMILES string of the molecule is CC(C)(C)[Si](C)(C)OC(c1ncc(-c2ccccn2)o1)C1Cc2ccccc2C1. The number of benzene rings is 1. The highest BCUT2D eigenvalue weighted by Crippen LogP contribution is 2.44. The Morgan fingerprint density at radius 2 is 1.66 bits per heavy atom. The minimum Gasteiger partial charge on any atom is -0.436 e. The maximum atomic E-state index is 6.92. The van der Waals surface area contributed by atoms with Gasteiger partial charge in [0.1, 0.15) is 11.8 Å². The third-order valence-corrected chi connectivity index (χ3v) is 10.9. The quantitative estimate of drug-likeness (QED) is 0.472. The normalized spacial score (nSPS) is 16.0. The van der Waals surface area contributed by atoms with Crippen LogP contribution in [0.5, 0.6) is 0 Å². The second-order valence-electron chi connectivity index (χ2n) is 9.51. The van der Waals surface area contributed by atoms with Crippen molar-refractivity contribution in [1.29, 1.82) is 0 Å². The lowest BCUT2D eigenvalue weighted by atomic mass is 9.99. The number of oxazole rings is 1. The third-order valence-electron chi connectivity index (χ3n) is 6.42. The topological polar surface area (TPSA) is 48.2 Å². The first-order valence-corrected chi connectivity index (χ1v) is 13.3. The standard InChI is InChI=1S/C24H30N2O2Si/c1-24(2,3)29(4,5)28-22(19-14-17-10-6-7-11-18(17)15-19)23-26-16-21(27-23)20-12-8-9-13-25-20/h6-13,16,19,22H,14-15H2,1-5H3. The first-order valence-electron chi connectivity index (χ1n) is 10.4. The predicted octanol–water partition coefficient (Wildman–Crippen LogP) is 6.21. The van der Waals surface area contributed by atoms with E-state index in [2.05, 4.69) is 68.1 Å². The van der Waals surface area contributed by atoms with E-state index in [1.165, 1.54) is 11.1 Å². The van der Waals surface area contributed by atoms with E-state index >= 15 is 0 Å². The highest BCUT2D eigenvalue weighted by molar-refractivity contribution is 6.74. The summed E-state index contributed by atoms with van der Waals surface area (Å²) in [5.74, 6) is 1.70. The fourth-order valence-electron chi connectivity index (χ4n) is 3.70. The van der Waals surface area contributed by atoms with Gasteiger partial charge in [-0.1, -0.05) is 51.1 Å². The molecule has 2 heterocycles. The fourth-order valence-corrected chi connectivity index (χ4v) is 4.98. The van der Waals surface area contributed by atoms with Crippen LogP contribution in [0, 0.1) is 5.92 Å². The van der Waals surface area contributed by atoms with Gasteiger partial charge in [0.05, 0.1) is 6.20 Å². The van der Waals surface area contributed by atoms with E-state index < -0.39 is 8.32 Å². The molecular weight excluding hydrogens is 376 g/mol. The number of nitrogens with zero attached hydrogens (tertiary/aromatic N) is 2. The average Bonchev–Trinajstić information content (AvgIpc) is 3.33. The lowest BCUT2D eigenvalue weighted by Crippen LogP contribution is -2.43. The van der Waals surface area contributed by atoms with Crippen LogP contribution in [0.25, 0.3) is 11.5 Å². The van der Waals surface area contributed by atoms with Crippen molar-refractivity contribution in [3.8, 4) is 11.5 Å². The van der Waals surface area contributed by atoms with Gasteiger partial charge in [-0.2, -0.15) is 0 Å². The first-order chi connectivity index (χ1) is 13.7. The molecule has 0 saturated heterocycles. The molecule has 4 rings (SSSR count). The summed E-state index contributed by atoms with van der Waals surface area (Å²) in [6, 6.07) is 14.5. The van der Waals surface area contributed by atoms with Crippen LogP contribution >= 0.6 is 0 Å². The number of pyridine rings is 1. The van der Waals surface area contributed by atoms with E-state index in [9.17, 15) is 0 Å². The Morgan fingerprint density at radius 3 is 2.24 bits per heavy atom. The van der Waals surface area contributed by atoms with Crippen molar-refractivity contribution in [3.63, 3.8) is 0 Å². The van der Waals surface area contributed by atoms with Crippen LogP contribution < -0.4 is 0 Å². The zero-order valence-corrected chi connectivity index (χ0v) is 19.0. The molecule has 0 fully saturated rings. The summed E-state index contributed by atoms with van der Waals surface area (Å²) in [6.07, 6.45) is 5.39. The Kier molecular flexibility index (Phi) is 5.21. The Labute approximate surface area is 174 Å². The van der Waals surface area contributed by atoms with E-state index in [-0.39, 0.29) is 11.1 Å². The molecule has 152 valence electrons. The second kappa shape index (κ2) is 7.54. The van der Waals surface area contributed by atoms with Gasteiger partial charge < -0.3 is 8.84 Å². The van der Waals surface area contributed by atoms with E-state index in [1.807, 2.05) is 18.2 Å². The molecule has 3 aromatic rings. The summed E-state index contributed by atoms with van der Waals surface area (Å²) in [4.78, 5) is 9.06. The largest absolute Gasteiger partial charge is 0.436 e. The van der Waals surface area contributed by atoms with Crippen LogP contribution in [-0.4, -0.2) is 18.3 Å². The maximum Gasteiger partial charge on any atom is 0.223 e. The molecule has 1 aliphatic rings. The Bertz CT molecular complexity index is 951. The number of rotatable bonds is 5. The Morgan fingerprint density at radius 1 is 1.00 bits per heavy atom. The van der Waals surface area contributed by atoms with Gasteiger partial charge in [0.2, 0.25) is 5.89 Å². The van der Waals surface area contributed by atoms with Crippen molar-refractivity contribution in [2.24, 2.45) is 5.92 Å². The van der Waals surface area contributed by atoms with E-state index in [0.29, 0.717) is 17.6 Å². The summed E-state index contributed by atoms with van der Waals surface area (Å²) in [6.45, 7) is 11.4. The van der Waals surface area contributed by atoms with Gasteiger partial charge in [-0.05, 0) is 54.2 Å². The van der Waals surface area contributed by atoms with Crippen LogP contribution in [0.2, 0.25) is 18.1 Å². The molecule has 0 spiro atoms. The van der Waals surface area contributed by atoms with Gasteiger partial charge in [0.25, 0.3) is 0 Å². The number of hydrogen-bond donors (Lipinski definition) is 0. The first kappa shape index (κ1) is 20.0. The van der Waals surface area contributed by atoms with Gasteiger partial charge in [-0.25, -0.2) is 4.98 Å². The van der Waals surface area contributed by atoms with Crippen molar-refractivity contribution in [2.45, 2.75) is 57.8 Å². The van der Waals surface area contributed by atoms with E-state index in [1.54, 1.807) is 12.4 Å². The summed E-state index contributed by atoms with van der Waals surface area (Å²) >= 11 is 0. The molecule has 1 unspecified atom stereocenters. The molecular formula is C24H30N2O2Si. The molecule has 0 N–H and O–H groups in total. The highest BCUT2D eigenvalue weighted by atomic mass is 28.4. The van der Waals surface area contributed by atoms with Crippen molar-refractivity contribution in [2.75, 3.05) is 0 Å². The molecule has 29 heavy (non-hydrogen) atoms. The number of hydrogen-bond acceptors (Lipinski definition) is 4. The second-order valence-corrected chi connectivity index (χ2v) is 14.3. The van der Waals surface area contributed by atoms with Crippen molar-refractivity contribution in [1.82, 2.24) is 9.97 Å². The van der Waals surface area contributed by atoms with Gasteiger partial charge in [-0.15, -0.1) is 0 Å². The molecule has 1 aliphatic carbocycles. The molecule has 0 amide bonds. The molecule has 0 saturated carbocycles. The van der Waals surface area contributed by atoms with Crippen LogP contribution in [-0.2, 0) is 17.3 Å². The van der Waals surface area contributed by atoms with E-state index in [4.69, 9.17) is 8.84 Å². The third kappa shape index (κ3) is 4.07. The lowest BCUT2D eigenvalue weighted by Gasteiger charge is -2.40. The van der Waals surface area contributed by atoms with Gasteiger partial charge in [-0.3, -0.25) is 4.98 Å². The zero-order chi connectivity index (χ0) is 20.6. The molecule has 0 radical (unpaired) electrons. The van der Waals surface area contributed by atoms with Crippen molar-refractivity contribution >= 4 is 8.32 Å². The van der Waals surface area contributed by atoms with Crippen LogP contribution in [0.1, 0.15) is 43.9 Å². The lowest BCUT2D eigenvalue weighted by molar-refractivity contribution is 0.0951. The minimum absolute atomic E-state index is 0.118. The summed E-state index contributed by atoms with van der Waals surface area (Å²) in [5, 5.41) is 0.118. The summed E-state index contributed by atoms with van der Waals surface area (Å²) in [5.41, 5.74) is 3.63. The smallest absolute Gasteiger partial charge is 0.223 e. The molecule has 2 aromatic heterocycles. The summed E-state index contributed by atoms with van der Waals surface area (Å²) < 4.78 is 13.1. The average molecular weight is 407 g/mol. The zero-order valence-electron chi connectivity index (χ0n) is 18.0. The van der Waals surface area contributed by atoms with Gasteiger partial charge in [0, 0.05) is 12.1 Å². The van der Waals surface area contributed by atoms with Gasteiger partial charge >= 0.3 is 0 Å². The summed E-state index contributed by atoms with van der Waals surface area (Å²) in [7, 11) is -2.01. The maximum absolute atomic E-state index is 6.92. The van der Waals surface area contributed by atoms with Gasteiger partial charge in [0.15, 0.2) is 14.1 Å². The number of aromatic nitrogens is 2. The fraction of sp³-hybridized carbons (Fsp3) is 0.417. The number of fused-ring (bicyclic) bond motifs is 1. The Hall–Kier alpha value is -2.24. The Balaban J connectivity index is 1.67. The van der Waals surface area contributed by atoms with Crippen LogP contribution in [0.3, 0.4) is 0 Å². The van der Waals surface area contributed by atoms with Crippen LogP contribution in [0.4, 0.5) is 0 Å². The molecule has 1 aromatic carbocycles.